The predicted molar refractivity (Wildman–Crippen MR) is 135 cm³/mol. The first-order valence-corrected chi connectivity index (χ1v) is 12.4. The normalized spacial score (nSPS) is 15.6. The standard InChI is InChI=1S/C24H23FINO6S/c1-4-31-19-11-16(10-18(26)21(19)33-13-15-6-8-17(25)9-7-15)12-20-22(28)27(24(30)34-20)14(3)23(29)32-5-2/h6-12,14H,4-5,13H2,1-3H3/b20-12+/t14-/m1/s1. The minimum atomic E-state index is -1.01. The molecule has 7 nitrogen and oxygen atoms in total. The van der Waals surface area contributed by atoms with E-state index in [-0.39, 0.29) is 23.9 Å². The number of ether oxygens (including phenoxy) is 3. The topological polar surface area (TPSA) is 82.1 Å². The van der Waals surface area contributed by atoms with E-state index in [1.54, 1.807) is 37.3 Å². The molecule has 180 valence electrons. The van der Waals surface area contributed by atoms with Crippen LogP contribution in [0.15, 0.2) is 41.3 Å². The Bertz CT molecular complexity index is 1120. The fourth-order valence-corrected chi connectivity index (χ4v) is 4.83. The summed E-state index contributed by atoms with van der Waals surface area (Å²) in [7, 11) is 0. The van der Waals surface area contributed by atoms with Gasteiger partial charge in [0.15, 0.2) is 11.5 Å². The molecule has 1 fully saturated rings. The van der Waals surface area contributed by atoms with Crippen LogP contribution in [0.25, 0.3) is 6.08 Å². The van der Waals surface area contributed by atoms with Crippen molar-refractivity contribution in [2.75, 3.05) is 13.2 Å². The maximum Gasteiger partial charge on any atom is 0.329 e. The van der Waals surface area contributed by atoms with Crippen LogP contribution >= 0.6 is 34.4 Å². The molecule has 0 saturated carbocycles. The molecule has 1 saturated heterocycles. The zero-order chi connectivity index (χ0) is 24.8. The van der Waals surface area contributed by atoms with Gasteiger partial charge in [0.1, 0.15) is 18.5 Å². The Kier molecular flexibility index (Phi) is 8.95. The maximum absolute atomic E-state index is 13.1. The molecule has 0 radical (unpaired) electrons. The van der Waals surface area contributed by atoms with E-state index in [9.17, 15) is 18.8 Å². The van der Waals surface area contributed by atoms with E-state index < -0.39 is 23.2 Å². The van der Waals surface area contributed by atoms with Gasteiger partial charge in [0.2, 0.25) is 0 Å². The summed E-state index contributed by atoms with van der Waals surface area (Å²) < 4.78 is 30.5. The highest BCUT2D eigenvalue weighted by Gasteiger charge is 2.41. The third-order valence-corrected chi connectivity index (χ3v) is 6.45. The number of carbonyl (C=O) groups excluding carboxylic acids is 3. The van der Waals surface area contributed by atoms with E-state index >= 15 is 0 Å². The Morgan fingerprint density at radius 3 is 2.50 bits per heavy atom. The summed E-state index contributed by atoms with van der Waals surface area (Å²) in [6.45, 7) is 5.72. The second-order valence-corrected chi connectivity index (χ2v) is 9.31. The zero-order valence-electron chi connectivity index (χ0n) is 18.8. The van der Waals surface area contributed by atoms with E-state index in [1.807, 2.05) is 6.92 Å². The lowest BCUT2D eigenvalue weighted by atomic mass is 10.1. The van der Waals surface area contributed by atoms with E-state index in [4.69, 9.17) is 14.2 Å². The van der Waals surface area contributed by atoms with Crippen molar-refractivity contribution in [3.8, 4) is 11.5 Å². The molecule has 0 spiro atoms. The Morgan fingerprint density at radius 1 is 1.15 bits per heavy atom. The molecule has 10 heteroatoms. The number of imide groups is 1. The van der Waals surface area contributed by atoms with Gasteiger partial charge in [-0.25, -0.2) is 9.18 Å². The lowest BCUT2D eigenvalue weighted by Gasteiger charge is -2.19. The Morgan fingerprint density at radius 2 is 1.85 bits per heavy atom. The zero-order valence-corrected chi connectivity index (χ0v) is 21.8. The molecule has 0 N–H and O–H groups in total. The average molecular weight is 599 g/mol. The first-order valence-electron chi connectivity index (χ1n) is 10.5. The van der Waals surface area contributed by atoms with Crippen LogP contribution in [-0.2, 0) is 20.9 Å². The van der Waals surface area contributed by atoms with E-state index in [1.165, 1.54) is 19.1 Å². The lowest BCUT2D eigenvalue weighted by Crippen LogP contribution is -2.42. The maximum atomic E-state index is 13.1. The van der Waals surface area contributed by atoms with Crippen LogP contribution in [0.4, 0.5) is 9.18 Å². The van der Waals surface area contributed by atoms with Crippen molar-refractivity contribution in [3.05, 3.63) is 61.8 Å². The SMILES string of the molecule is CCOC(=O)[C@@H](C)N1C(=O)S/C(=C/c2cc(I)c(OCc3ccc(F)cc3)c(OCC)c2)C1=O. The Balaban J connectivity index is 1.84. The van der Waals surface area contributed by atoms with Crippen molar-refractivity contribution < 1.29 is 33.0 Å². The van der Waals surface area contributed by atoms with Crippen LogP contribution in [0.3, 0.4) is 0 Å². The molecule has 0 aliphatic carbocycles. The number of hydrogen-bond acceptors (Lipinski definition) is 7. The molecule has 1 aliphatic heterocycles. The van der Waals surface area contributed by atoms with Crippen molar-refractivity contribution in [2.24, 2.45) is 0 Å². The van der Waals surface area contributed by atoms with E-state index in [0.29, 0.717) is 23.7 Å². The molecule has 1 aliphatic rings. The highest BCUT2D eigenvalue weighted by atomic mass is 127. The van der Waals surface area contributed by atoms with Crippen molar-refractivity contribution in [1.29, 1.82) is 0 Å². The van der Waals surface area contributed by atoms with Crippen LogP contribution in [-0.4, -0.2) is 41.3 Å². The van der Waals surface area contributed by atoms with Gasteiger partial charge in [-0.3, -0.25) is 14.5 Å². The molecule has 2 aromatic carbocycles. The van der Waals surface area contributed by atoms with Gasteiger partial charge in [-0.2, -0.15) is 0 Å². The van der Waals surface area contributed by atoms with Crippen LogP contribution in [0.2, 0.25) is 0 Å². The second-order valence-electron chi connectivity index (χ2n) is 7.16. The van der Waals surface area contributed by atoms with Gasteiger partial charge in [-0.15, -0.1) is 0 Å². The van der Waals surface area contributed by atoms with Crippen molar-refractivity contribution in [3.63, 3.8) is 0 Å². The highest BCUT2D eigenvalue weighted by Crippen LogP contribution is 2.38. The van der Waals surface area contributed by atoms with Crippen LogP contribution in [0.1, 0.15) is 31.9 Å². The number of hydrogen-bond donors (Lipinski definition) is 0. The van der Waals surface area contributed by atoms with Gasteiger partial charge in [-0.1, -0.05) is 12.1 Å². The fraction of sp³-hybridized carbons (Fsp3) is 0.292. The van der Waals surface area contributed by atoms with E-state index in [0.717, 1.165) is 25.8 Å². The first-order chi connectivity index (χ1) is 16.2. The molecular formula is C24H23FINO6S. The number of nitrogens with zero attached hydrogens (tertiary/aromatic N) is 1. The molecule has 2 aromatic rings. The molecule has 1 heterocycles. The summed E-state index contributed by atoms with van der Waals surface area (Å²) in [5, 5.41) is -0.532. The Labute approximate surface area is 214 Å². The third-order valence-electron chi connectivity index (χ3n) is 4.76. The monoisotopic (exact) mass is 599 g/mol. The van der Waals surface area contributed by atoms with Crippen LogP contribution in [0, 0.1) is 9.39 Å². The summed E-state index contributed by atoms with van der Waals surface area (Å²) in [5.74, 6) is -0.518. The molecule has 0 unspecified atom stereocenters. The average Bonchev–Trinajstić information content (AvgIpc) is 3.07. The third kappa shape index (κ3) is 6.09. The van der Waals surface area contributed by atoms with Crippen molar-refractivity contribution >= 4 is 57.5 Å². The second kappa shape index (κ2) is 11.7. The molecule has 2 amide bonds. The number of rotatable bonds is 9. The fourth-order valence-electron chi connectivity index (χ4n) is 3.14. The number of benzene rings is 2. The number of amides is 2. The van der Waals surface area contributed by atoms with Gasteiger partial charge < -0.3 is 14.2 Å². The predicted octanol–water partition coefficient (Wildman–Crippen LogP) is 5.40. The quantitative estimate of drug-likeness (QED) is 0.217. The molecule has 1 atom stereocenters. The minimum absolute atomic E-state index is 0.156. The number of halogens is 2. The van der Waals surface area contributed by atoms with Crippen LogP contribution < -0.4 is 9.47 Å². The summed E-state index contributed by atoms with van der Waals surface area (Å²) in [6, 6.07) is 8.52. The summed E-state index contributed by atoms with van der Waals surface area (Å²) in [5.41, 5.74) is 1.43. The molecule has 3 rings (SSSR count). The first kappa shape index (κ1) is 26.0. The smallest absolute Gasteiger partial charge is 0.329 e. The molecule has 34 heavy (non-hydrogen) atoms. The van der Waals surface area contributed by atoms with Crippen LogP contribution in [0.5, 0.6) is 11.5 Å². The largest absolute Gasteiger partial charge is 0.490 e. The van der Waals surface area contributed by atoms with Crippen molar-refractivity contribution in [1.82, 2.24) is 4.90 Å². The van der Waals surface area contributed by atoms with Gasteiger partial charge in [-0.05, 0) is 96.6 Å². The number of carbonyl (C=O) groups is 3. The highest BCUT2D eigenvalue weighted by molar-refractivity contribution is 14.1. The van der Waals surface area contributed by atoms with Gasteiger partial charge in [0, 0.05) is 0 Å². The molecular weight excluding hydrogens is 576 g/mol. The molecule has 0 aromatic heterocycles. The number of esters is 1. The molecule has 0 bridgehead atoms. The summed E-state index contributed by atoms with van der Waals surface area (Å²) >= 11 is 2.87. The summed E-state index contributed by atoms with van der Waals surface area (Å²) in [4.78, 5) is 38.4. The lowest BCUT2D eigenvalue weighted by molar-refractivity contribution is -0.150. The van der Waals surface area contributed by atoms with Crippen molar-refractivity contribution in [2.45, 2.75) is 33.4 Å². The van der Waals surface area contributed by atoms with Gasteiger partial charge in [0.05, 0.1) is 21.7 Å². The Hall–Kier alpha value is -2.60. The number of thioether (sulfide) groups is 1. The summed E-state index contributed by atoms with van der Waals surface area (Å²) in [6.07, 6.45) is 1.58. The van der Waals surface area contributed by atoms with Gasteiger partial charge >= 0.3 is 5.97 Å². The minimum Gasteiger partial charge on any atom is -0.490 e. The van der Waals surface area contributed by atoms with Gasteiger partial charge in [0.25, 0.3) is 11.1 Å². The van der Waals surface area contributed by atoms with E-state index in [2.05, 4.69) is 22.6 Å².